The van der Waals surface area contributed by atoms with Gasteiger partial charge in [0, 0.05) is 30.1 Å². The molecule has 2 radical (unpaired) electrons. The molecule has 2 aliphatic carbocycles. The van der Waals surface area contributed by atoms with Crippen LogP contribution in [-0.4, -0.2) is 68.3 Å². The average molecular weight is 629 g/mol. The highest BCUT2D eigenvalue weighted by atomic mass is 31.1. The molecule has 4 atom stereocenters. The predicted molar refractivity (Wildman–Crippen MR) is 171 cm³/mol. The van der Waals surface area contributed by atoms with Gasteiger partial charge in [-0.1, -0.05) is 34.6 Å². The van der Waals surface area contributed by atoms with E-state index < -0.39 is 23.7 Å². The molecule has 3 rings (SSSR count). The second-order valence-corrected chi connectivity index (χ2v) is 12.8. The van der Waals surface area contributed by atoms with Crippen LogP contribution in [-0.2, 0) is 30.5 Å². The average Bonchev–Trinajstić information content (AvgIpc) is 3.73. The number of ether oxygens (including phenoxy) is 2. The minimum Gasteiger partial charge on any atom is -0.470 e. The second kappa shape index (κ2) is 18.0. The van der Waals surface area contributed by atoms with E-state index in [4.69, 9.17) is 28.9 Å². The number of nitrogens with two attached hydrogens (primary N) is 2. The topological polar surface area (TPSA) is 178 Å². The lowest BCUT2D eigenvalue weighted by Crippen LogP contribution is -2.51. The molecule has 1 fully saturated rings. The second-order valence-electron chi connectivity index (χ2n) is 11.7. The number of nitrogens with zero attached hydrogens (tertiary/aromatic N) is 1. The molecule has 4 unspecified atom stereocenters. The lowest BCUT2D eigenvalue weighted by atomic mass is 10.0. The molecule has 7 N–H and O–H groups in total. The molecule has 14 heteroatoms. The Morgan fingerprint density at radius 2 is 1.80 bits per heavy atom. The van der Waals surface area contributed by atoms with Gasteiger partial charge in [0.25, 0.3) is 0 Å². The van der Waals surface area contributed by atoms with Crippen molar-refractivity contribution in [2.75, 3.05) is 31.1 Å². The van der Waals surface area contributed by atoms with Crippen molar-refractivity contribution in [1.29, 1.82) is 0 Å². The van der Waals surface area contributed by atoms with Crippen molar-refractivity contribution in [2.24, 2.45) is 29.3 Å². The maximum atomic E-state index is 12.7. The first kappa shape index (κ1) is 35.3. The summed E-state index contributed by atoms with van der Waals surface area (Å²) in [7, 11) is 5.44. The number of carbonyl (C=O) groups is 4. The van der Waals surface area contributed by atoms with E-state index in [2.05, 4.69) is 16.0 Å². The van der Waals surface area contributed by atoms with Gasteiger partial charge >= 0.3 is 0 Å². The Morgan fingerprint density at radius 1 is 1.09 bits per heavy atom. The van der Waals surface area contributed by atoms with E-state index >= 15 is 0 Å². The molecule has 0 bridgehead atoms. The van der Waals surface area contributed by atoms with E-state index in [0.717, 1.165) is 36.1 Å². The summed E-state index contributed by atoms with van der Waals surface area (Å²) in [5.74, 6) is 5.85. The van der Waals surface area contributed by atoms with E-state index in [9.17, 15) is 19.2 Å². The zero-order valence-corrected chi connectivity index (χ0v) is 26.7. The summed E-state index contributed by atoms with van der Waals surface area (Å²) >= 11 is 0. The van der Waals surface area contributed by atoms with E-state index in [0.29, 0.717) is 45.5 Å². The SMILES string of the molecule is [B]C(=O)OCc1ccc(NC(=O)CNC(=O)C(NC(=O)CCCOCPCN(N)/C2=C(\N)CCC3CC3CC2)C(C)C)cc1. The highest BCUT2D eigenvalue weighted by Gasteiger charge is 2.37. The predicted octanol–water partition coefficient (Wildman–Crippen LogP) is 2.63. The van der Waals surface area contributed by atoms with Crippen LogP contribution in [0.4, 0.5) is 10.5 Å². The van der Waals surface area contributed by atoms with Crippen LogP contribution in [0.5, 0.6) is 0 Å². The summed E-state index contributed by atoms with van der Waals surface area (Å²) in [6, 6.07) is 5.86. The molecule has 1 aromatic rings. The molecule has 3 amide bonds. The van der Waals surface area contributed by atoms with Gasteiger partial charge in [-0.05, 0) is 74.0 Å². The molecule has 0 aromatic heterocycles. The first-order chi connectivity index (χ1) is 21.0. The maximum Gasteiger partial charge on any atom is 0.243 e. The number of anilines is 1. The lowest BCUT2D eigenvalue weighted by Gasteiger charge is -2.25. The first-order valence-corrected chi connectivity index (χ1v) is 16.6. The third-order valence-corrected chi connectivity index (χ3v) is 8.78. The molecular formula is C30H46BN6O6P. The van der Waals surface area contributed by atoms with Crippen LogP contribution < -0.4 is 27.5 Å². The number of allylic oxidation sites excluding steroid dienone is 2. The van der Waals surface area contributed by atoms with Gasteiger partial charge in [0.2, 0.25) is 31.4 Å². The van der Waals surface area contributed by atoms with E-state index in [1.165, 1.54) is 19.3 Å². The van der Waals surface area contributed by atoms with Crippen molar-refractivity contribution in [2.45, 2.75) is 71.4 Å². The third-order valence-electron chi connectivity index (χ3n) is 7.81. The van der Waals surface area contributed by atoms with Gasteiger partial charge in [-0.2, -0.15) is 0 Å². The zero-order chi connectivity index (χ0) is 32.1. The largest absolute Gasteiger partial charge is 0.470 e. The number of carbonyl (C=O) groups excluding carboxylic acids is 4. The Balaban J connectivity index is 1.27. The summed E-state index contributed by atoms with van der Waals surface area (Å²) in [6.07, 6.45) is 7.52. The molecule has 0 aliphatic heterocycles. The molecule has 1 aromatic carbocycles. The van der Waals surface area contributed by atoms with Crippen LogP contribution in [0.1, 0.15) is 64.4 Å². The number of hydrogen-bond acceptors (Lipinski definition) is 9. The molecule has 1 saturated carbocycles. The molecule has 44 heavy (non-hydrogen) atoms. The minimum atomic E-state index is -0.871. The van der Waals surface area contributed by atoms with Crippen LogP contribution in [0.3, 0.4) is 0 Å². The summed E-state index contributed by atoms with van der Waals surface area (Å²) in [6.45, 7) is 3.84. The number of rotatable bonds is 17. The van der Waals surface area contributed by atoms with E-state index in [-0.39, 0.29) is 31.4 Å². The summed E-state index contributed by atoms with van der Waals surface area (Å²) in [5, 5.41) is 9.82. The van der Waals surface area contributed by atoms with Gasteiger partial charge < -0.3 is 36.2 Å². The number of hydrazine groups is 1. The van der Waals surface area contributed by atoms with Gasteiger partial charge in [0.1, 0.15) is 12.6 Å². The fourth-order valence-electron chi connectivity index (χ4n) is 5.16. The molecule has 240 valence electrons. The molecule has 2 aliphatic rings. The number of fused-ring (bicyclic) bond motifs is 1. The van der Waals surface area contributed by atoms with Crippen LogP contribution in [0, 0.1) is 17.8 Å². The van der Waals surface area contributed by atoms with Gasteiger partial charge in [-0.15, -0.1) is 0 Å². The minimum absolute atomic E-state index is 0.0262. The third kappa shape index (κ3) is 12.5. The summed E-state index contributed by atoms with van der Waals surface area (Å²) in [4.78, 5) is 48.3. The van der Waals surface area contributed by atoms with Crippen LogP contribution in [0.25, 0.3) is 0 Å². The molecule has 12 nitrogen and oxygen atoms in total. The molecular weight excluding hydrogens is 582 g/mol. The Morgan fingerprint density at radius 3 is 2.48 bits per heavy atom. The smallest absolute Gasteiger partial charge is 0.243 e. The molecule has 0 spiro atoms. The van der Waals surface area contributed by atoms with E-state index in [1.54, 1.807) is 29.3 Å². The molecule has 0 heterocycles. The van der Waals surface area contributed by atoms with Crippen molar-refractivity contribution in [1.82, 2.24) is 15.6 Å². The Labute approximate surface area is 262 Å². The van der Waals surface area contributed by atoms with Crippen LogP contribution >= 0.6 is 8.58 Å². The van der Waals surface area contributed by atoms with Gasteiger partial charge in [-0.3, -0.25) is 19.2 Å². The van der Waals surface area contributed by atoms with Crippen molar-refractivity contribution < 1.29 is 28.7 Å². The number of nitrogens with one attached hydrogen (secondary N) is 3. The Kier molecular flexibility index (Phi) is 14.4. The number of benzene rings is 1. The van der Waals surface area contributed by atoms with Crippen molar-refractivity contribution in [3.8, 4) is 0 Å². The Bertz CT molecular complexity index is 1170. The molecule has 0 saturated heterocycles. The number of hydrogen-bond donors (Lipinski definition) is 5. The quantitative estimate of drug-likeness (QED) is 0.0570. The van der Waals surface area contributed by atoms with Gasteiger partial charge in [0.05, 0.1) is 19.2 Å². The standard InChI is InChI=1S/C30H46BN6O6P/c1-19(2)28(29(40)34-15-27(39)35-23-9-5-20(6-10-23)16-43-30(31)41)36-26(38)4-3-13-42-18-44-17-37(33)25-12-8-22-14-21(22)7-11-24(25)32/h5-6,9-10,19,21-22,28,44H,3-4,7-8,11-18,32-33H2,1-2H3,(H,34,40)(H,35,39)(H,36,38)/b25-24-. The zero-order valence-electron chi connectivity index (χ0n) is 25.7. The highest BCUT2D eigenvalue weighted by molar-refractivity contribution is 7.37. The number of amides is 3. The summed E-state index contributed by atoms with van der Waals surface area (Å²) < 4.78 is 10.4. The normalized spacial score (nSPS) is 20.3. The monoisotopic (exact) mass is 628 g/mol. The first-order valence-electron chi connectivity index (χ1n) is 15.2. The van der Waals surface area contributed by atoms with Crippen LogP contribution in [0.15, 0.2) is 35.7 Å². The van der Waals surface area contributed by atoms with Crippen molar-refractivity contribution in [3.05, 3.63) is 41.2 Å². The fraction of sp³-hybridized carbons (Fsp3) is 0.600. The fourth-order valence-corrected chi connectivity index (χ4v) is 5.97. The van der Waals surface area contributed by atoms with Gasteiger partial charge in [-0.25, -0.2) is 5.84 Å². The van der Waals surface area contributed by atoms with Crippen molar-refractivity contribution in [3.63, 3.8) is 0 Å². The van der Waals surface area contributed by atoms with Crippen LogP contribution in [0.2, 0.25) is 0 Å². The lowest BCUT2D eigenvalue weighted by molar-refractivity contribution is -0.131. The summed E-state index contributed by atoms with van der Waals surface area (Å²) in [5.41, 5.74) is 9.52. The van der Waals surface area contributed by atoms with Gasteiger partial charge in [0.15, 0.2) is 0 Å². The van der Waals surface area contributed by atoms with Crippen molar-refractivity contribution >= 4 is 45.7 Å². The Hall–Kier alpha value is -3.15. The van der Waals surface area contributed by atoms with E-state index in [1.807, 2.05) is 13.8 Å². The maximum absolute atomic E-state index is 12.7. The highest BCUT2D eigenvalue weighted by Crippen LogP contribution is 2.47.